The molecule has 1 heterocycles. The van der Waals surface area contributed by atoms with Crippen molar-refractivity contribution in [3.05, 3.63) is 18.0 Å². The zero-order valence-electron chi connectivity index (χ0n) is 7.02. The van der Waals surface area contributed by atoms with Crippen LogP contribution >= 0.6 is 0 Å². The lowest BCUT2D eigenvalue weighted by atomic mass is 10.4. The molecule has 0 spiro atoms. The van der Waals surface area contributed by atoms with E-state index in [-0.39, 0.29) is 0 Å². The van der Waals surface area contributed by atoms with Crippen molar-refractivity contribution in [2.24, 2.45) is 0 Å². The van der Waals surface area contributed by atoms with Crippen LogP contribution in [0.4, 0.5) is 0 Å². The molecule has 1 aromatic rings. The summed E-state index contributed by atoms with van der Waals surface area (Å²) in [6, 6.07) is 1.92. The Kier molecular flexibility index (Phi) is 5.83. The SMILES string of the molecule is CCCC.Cc1ccn[nH]1. The second kappa shape index (κ2) is 6.33. The molecule has 0 saturated carbocycles. The van der Waals surface area contributed by atoms with E-state index in [2.05, 4.69) is 24.0 Å². The number of aromatic nitrogens is 2. The topological polar surface area (TPSA) is 28.7 Å². The van der Waals surface area contributed by atoms with Crippen LogP contribution in [0.25, 0.3) is 0 Å². The lowest BCUT2D eigenvalue weighted by molar-refractivity contribution is 0.886. The zero-order chi connectivity index (χ0) is 7.82. The van der Waals surface area contributed by atoms with Gasteiger partial charge in [-0.3, -0.25) is 5.10 Å². The third-order valence-electron chi connectivity index (χ3n) is 1.14. The third kappa shape index (κ3) is 5.35. The quantitative estimate of drug-likeness (QED) is 0.638. The van der Waals surface area contributed by atoms with Gasteiger partial charge in [-0.05, 0) is 13.0 Å². The molecule has 1 rings (SSSR count). The molecule has 0 unspecified atom stereocenters. The molecule has 1 aromatic heterocycles. The van der Waals surface area contributed by atoms with E-state index in [1.807, 2.05) is 13.0 Å². The van der Waals surface area contributed by atoms with Crippen LogP contribution in [0.1, 0.15) is 32.4 Å². The zero-order valence-corrected chi connectivity index (χ0v) is 7.02. The van der Waals surface area contributed by atoms with Crippen LogP contribution in [-0.4, -0.2) is 10.2 Å². The first kappa shape index (κ1) is 9.21. The number of aromatic amines is 1. The first-order valence-electron chi connectivity index (χ1n) is 3.77. The van der Waals surface area contributed by atoms with Crippen molar-refractivity contribution in [2.75, 3.05) is 0 Å². The van der Waals surface area contributed by atoms with Crippen LogP contribution in [0.5, 0.6) is 0 Å². The third-order valence-corrected chi connectivity index (χ3v) is 1.14. The summed E-state index contributed by atoms with van der Waals surface area (Å²) in [7, 11) is 0. The molecule has 1 N–H and O–H groups in total. The van der Waals surface area contributed by atoms with Crippen LogP contribution in [0.3, 0.4) is 0 Å². The average molecular weight is 140 g/mol. The molecule has 2 heteroatoms. The van der Waals surface area contributed by atoms with E-state index < -0.39 is 0 Å². The Morgan fingerprint density at radius 2 is 2.00 bits per heavy atom. The highest BCUT2D eigenvalue weighted by molar-refractivity contribution is 4.91. The van der Waals surface area contributed by atoms with Crippen LogP contribution in [-0.2, 0) is 0 Å². The Bertz CT molecular complexity index is 131. The van der Waals surface area contributed by atoms with Crippen molar-refractivity contribution >= 4 is 0 Å². The number of hydrogen-bond donors (Lipinski definition) is 1. The maximum absolute atomic E-state index is 3.70. The van der Waals surface area contributed by atoms with Gasteiger partial charge in [0.2, 0.25) is 0 Å². The Morgan fingerprint density at radius 3 is 2.10 bits per heavy atom. The summed E-state index contributed by atoms with van der Waals surface area (Å²) in [6.07, 6.45) is 4.37. The minimum absolute atomic E-state index is 1.11. The summed E-state index contributed by atoms with van der Waals surface area (Å²) in [5, 5.41) is 6.45. The highest BCUT2D eigenvalue weighted by Gasteiger charge is 1.73. The van der Waals surface area contributed by atoms with Crippen LogP contribution in [0, 0.1) is 6.92 Å². The molecule has 0 radical (unpaired) electrons. The van der Waals surface area contributed by atoms with Gasteiger partial charge in [0.1, 0.15) is 0 Å². The average Bonchev–Trinajstić information content (AvgIpc) is 2.40. The lowest BCUT2D eigenvalue weighted by Gasteiger charge is -1.68. The Hall–Kier alpha value is -0.790. The van der Waals surface area contributed by atoms with Crippen molar-refractivity contribution in [3.8, 4) is 0 Å². The smallest absolute Gasteiger partial charge is 0.0489 e. The minimum Gasteiger partial charge on any atom is -0.283 e. The van der Waals surface area contributed by atoms with Gasteiger partial charge in [0.05, 0.1) is 0 Å². The highest BCUT2D eigenvalue weighted by Crippen LogP contribution is 1.82. The molecule has 0 aliphatic rings. The fourth-order valence-electron chi connectivity index (χ4n) is 0.325. The number of aryl methyl sites for hydroxylation is 1. The predicted molar refractivity (Wildman–Crippen MR) is 43.9 cm³/mol. The second-order valence-corrected chi connectivity index (χ2v) is 2.24. The van der Waals surface area contributed by atoms with Gasteiger partial charge in [-0.2, -0.15) is 5.10 Å². The molecule has 0 aliphatic carbocycles. The predicted octanol–water partition coefficient (Wildman–Crippen LogP) is 2.52. The molecule has 0 saturated heterocycles. The Morgan fingerprint density at radius 1 is 1.40 bits per heavy atom. The molecular formula is C8H16N2. The first-order chi connectivity index (χ1) is 4.81. The fraction of sp³-hybridized carbons (Fsp3) is 0.625. The number of rotatable bonds is 1. The summed E-state index contributed by atoms with van der Waals surface area (Å²) in [5.41, 5.74) is 1.11. The van der Waals surface area contributed by atoms with Gasteiger partial charge in [-0.25, -0.2) is 0 Å². The molecule has 58 valence electrons. The molecule has 0 fully saturated rings. The lowest BCUT2D eigenvalue weighted by Crippen LogP contribution is -1.65. The fourth-order valence-corrected chi connectivity index (χ4v) is 0.325. The van der Waals surface area contributed by atoms with Crippen molar-refractivity contribution in [1.29, 1.82) is 0 Å². The first-order valence-corrected chi connectivity index (χ1v) is 3.77. The molecule has 2 nitrogen and oxygen atoms in total. The molecular weight excluding hydrogens is 124 g/mol. The van der Waals surface area contributed by atoms with Gasteiger partial charge in [0.25, 0.3) is 0 Å². The minimum atomic E-state index is 1.11. The van der Waals surface area contributed by atoms with E-state index >= 15 is 0 Å². The molecule has 0 aliphatic heterocycles. The van der Waals surface area contributed by atoms with Crippen LogP contribution in [0.2, 0.25) is 0 Å². The van der Waals surface area contributed by atoms with Crippen LogP contribution < -0.4 is 0 Å². The maximum atomic E-state index is 3.70. The van der Waals surface area contributed by atoms with E-state index in [1.54, 1.807) is 6.20 Å². The standard InChI is InChI=1S/C4H6N2.C4H10/c1-4-2-3-5-6-4;1-3-4-2/h2-3H,1H3,(H,5,6);3-4H2,1-2H3. The van der Waals surface area contributed by atoms with Crippen molar-refractivity contribution < 1.29 is 0 Å². The number of nitrogens with zero attached hydrogens (tertiary/aromatic N) is 1. The van der Waals surface area contributed by atoms with E-state index in [1.165, 1.54) is 12.8 Å². The number of hydrogen-bond acceptors (Lipinski definition) is 1. The number of unbranched alkanes of at least 4 members (excludes halogenated alkanes) is 1. The van der Waals surface area contributed by atoms with Gasteiger partial charge < -0.3 is 0 Å². The van der Waals surface area contributed by atoms with Gasteiger partial charge in [-0.1, -0.05) is 26.7 Å². The van der Waals surface area contributed by atoms with E-state index in [0.717, 1.165) is 5.69 Å². The van der Waals surface area contributed by atoms with Crippen LogP contribution in [0.15, 0.2) is 12.3 Å². The van der Waals surface area contributed by atoms with Gasteiger partial charge in [0.15, 0.2) is 0 Å². The van der Waals surface area contributed by atoms with E-state index in [4.69, 9.17) is 0 Å². The number of H-pyrrole nitrogens is 1. The summed E-state index contributed by atoms with van der Waals surface area (Å²) in [6.45, 7) is 6.33. The summed E-state index contributed by atoms with van der Waals surface area (Å²) in [5.74, 6) is 0. The monoisotopic (exact) mass is 140 g/mol. The Balaban J connectivity index is 0.000000180. The maximum Gasteiger partial charge on any atom is 0.0489 e. The van der Waals surface area contributed by atoms with Gasteiger partial charge in [-0.15, -0.1) is 0 Å². The van der Waals surface area contributed by atoms with Crippen molar-refractivity contribution in [2.45, 2.75) is 33.6 Å². The van der Waals surface area contributed by atoms with E-state index in [0.29, 0.717) is 0 Å². The largest absolute Gasteiger partial charge is 0.283 e. The number of nitrogens with one attached hydrogen (secondary N) is 1. The second-order valence-electron chi connectivity index (χ2n) is 2.24. The van der Waals surface area contributed by atoms with Crippen molar-refractivity contribution in [1.82, 2.24) is 10.2 Å². The highest BCUT2D eigenvalue weighted by atomic mass is 15.1. The Labute approximate surface area is 62.7 Å². The molecule has 0 amide bonds. The van der Waals surface area contributed by atoms with Gasteiger partial charge in [0, 0.05) is 11.9 Å². The summed E-state index contributed by atoms with van der Waals surface area (Å²) in [4.78, 5) is 0. The van der Waals surface area contributed by atoms with Gasteiger partial charge >= 0.3 is 0 Å². The summed E-state index contributed by atoms with van der Waals surface area (Å²) >= 11 is 0. The van der Waals surface area contributed by atoms with Crippen molar-refractivity contribution in [3.63, 3.8) is 0 Å². The molecule has 0 aromatic carbocycles. The summed E-state index contributed by atoms with van der Waals surface area (Å²) < 4.78 is 0. The molecule has 0 atom stereocenters. The molecule has 0 bridgehead atoms. The molecule has 10 heavy (non-hydrogen) atoms. The van der Waals surface area contributed by atoms with E-state index in [9.17, 15) is 0 Å². The normalized spacial score (nSPS) is 8.30.